The van der Waals surface area contributed by atoms with Gasteiger partial charge in [0.15, 0.2) is 6.10 Å². The Hall–Kier alpha value is -2.85. The van der Waals surface area contributed by atoms with Crippen LogP contribution in [0, 0.1) is 11.3 Å². The van der Waals surface area contributed by atoms with E-state index in [1.165, 1.54) is 0 Å². The molecule has 0 aromatic heterocycles. The van der Waals surface area contributed by atoms with Gasteiger partial charge < -0.3 is 14.2 Å². The molecule has 3 aliphatic heterocycles. The van der Waals surface area contributed by atoms with Crippen molar-refractivity contribution in [2.45, 2.75) is 43.2 Å². The van der Waals surface area contributed by atoms with E-state index in [-0.39, 0.29) is 6.04 Å². The lowest BCUT2D eigenvalue weighted by molar-refractivity contribution is -0.239. The zero-order valence-electron chi connectivity index (χ0n) is 14.3. The van der Waals surface area contributed by atoms with E-state index in [0.717, 1.165) is 18.6 Å². The second-order valence-corrected chi connectivity index (χ2v) is 6.79. The summed E-state index contributed by atoms with van der Waals surface area (Å²) in [5.74, 6) is -0.565. The lowest BCUT2D eigenvalue weighted by Crippen LogP contribution is -2.66. The van der Waals surface area contributed by atoms with Gasteiger partial charge >= 0.3 is 11.9 Å². The fourth-order valence-corrected chi connectivity index (χ4v) is 4.10. The highest BCUT2D eigenvalue weighted by atomic mass is 16.6. The average molecular weight is 354 g/mol. The summed E-state index contributed by atoms with van der Waals surface area (Å²) in [6.07, 6.45) is 3.05. The maximum atomic E-state index is 12.1. The smallest absolute Gasteiger partial charge is 0.332 e. The maximum Gasteiger partial charge on any atom is 0.332 e. The normalized spacial score (nSPS) is 34.5. The fourth-order valence-electron chi connectivity index (χ4n) is 4.10. The highest BCUT2D eigenvalue weighted by molar-refractivity contribution is 5.92. The van der Waals surface area contributed by atoms with Crippen molar-refractivity contribution >= 4 is 11.9 Å². The van der Waals surface area contributed by atoms with Crippen LogP contribution in [-0.2, 0) is 19.1 Å². The number of piperidine rings is 1. The van der Waals surface area contributed by atoms with Crippen LogP contribution in [0.15, 0.2) is 36.4 Å². The Balaban J connectivity index is 1.67. The molecule has 4 rings (SSSR count). The summed E-state index contributed by atoms with van der Waals surface area (Å²) in [4.78, 5) is 26.1. The van der Waals surface area contributed by atoms with Gasteiger partial charge in [-0.1, -0.05) is 0 Å². The van der Waals surface area contributed by atoms with E-state index in [1.807, 2.05) is 11.9 Å². The maximum absolute atomic E-state index is 12.1. The molecular weight excluding hydrogens is 336 g/mol. The zero-order valence-corrected chi connectivity index (χ0v) is 14.3. The highest BCUT2D eigenvalue weighted by Crippen LogP contribution is 2.47. The van der Waals surface area contributed by atoms with E-state index in [0.29, 0.717) is 24.2 Å². The van der Waals surface area contributed by atoms with Crippen molar-refractivity contribution in [2.24, 2.45) is 0 Å². The van der Waals surface area contributed by atoms with Gasteiger partial charge in [0.1, 0.15) is 11.9 Å². The molecule has 1 spiro atoms. The SMILES string of the molecule is CN1C2CCC13OC(=O)/C=C/C(=O)OC3C(Oc1ccc(C#N)cc1)C2. The van der Waals surface area contributed by atoms with E-state index in [1.54, 1.807) is 24.3 Å². The van der Waals surface area contributed by atoms with Crippen molar-refractivity contribution in [1.82, 2.24) is 4.90 Å². The van der Waals surface area contributed by atoms with E-state index in [9.17, 15) is 9.59 Å². The molecule has 0 amide bonds. The molecule has 4 unspecified atom stereocenters. The highest BCUT2D eigenvalue weighted by Gasteiger charge is 2.62. The Morgan fingerprint density at radius 2 is 1.96 bits per heavy atom. The molecule has 0 saturated carbocycles. The van der Waals surface area contributed by atoms with Crippen molar-refractivity contribution in [1.29, 1.82) is 5.26 Å². The monoisotopic (exact) mass is 354 g/mol. The Morgan fingerprint density at radius 3 is 2.69 bits per heavy atom. The number of likely N-dealkylation sites (N-methyl/N-ethyl adjacent to an activating group) is 1. The Labute approximate surface area is 150 Å². The largest absolute Gasteiger partial charge is 0.486 e. The van der Waals surface area contributed by atoms with Crippen molar-refractivity contribution in [2.75, 3.05) is 7.05 Å². The number of ether oxygens (including phenoxy) is 3. The second-order valence-electron chi connectivity index (χ2n) is 6.79. The minimum absolute atomic E-state index is 0.171. The van der Waals surface area contributed by atoms with Crippen LogP contribution < -0.4 is 4.74 Å². The number of carbonyl (C=O) groups excluding carboxylic acids is 2. The molecule has 1 aromatic rings. The van der Waals surface area contributed by atoms with Crippen LogP contribution in [0.3, 0.4) is 0 Å². The number of nitriles is 1. The summed E-state index contributed by atoms with van der Waals surface area (Å²) in [5.41, 5.74) is -0.480. The molecule has 2 saturated heterocycles. The first-order valence-corrected chi connectivity index (χ1v) is 8.53. The predicted molar refractivity (Wildman–Crippen MR) is 88.8 cm³/mol. The number of fused-ring (bicyclic) bond motifs is 1. The van der Waals surface area contributed by atoms with Gasteiger partial charge in [-0.05, 0) is 37.7 Å². The van der Waals surface area contributed by atoms with Gasteiger partial charge in [0.2, 0.25) is 5.72 Å². The van der Waals surface area contributed by atoms with Gasteiger partial charge in [0.05, 0.1) is 11.6 Å². The first-order valence-electron chi connectivity index (χ1n) is 8.53. The summed E-state index contributed by atoms with van der Waals surface area (Å²) in [6.45, 7) is 0. The van der Waals surface area contributed by atoms with Crippen LogP contribution >= 0.6 is 0 Å². The molecule has 7 heteroatoms. The first kappa shape index (κ1) is 16.6. The third-order valence-corrected chi connectivity index (χ3v) is 5.41. The first-order chi connectivity index (χ1) is 12.5. The third kappa shape index (κ3) is 2.63. The molecule has 26 heavy (non-hydrogen) atoms. The lowest BCUT2D eigenvalue weighted by Gasteiger charge is -2.49. The molecule has 0 radical (unpaired) electrons. The molecule has 0 N–H and O–H groups in total. The molecule has 7 nitrogen and oxygen atoms in total. The summed E-state index contributed by atoms with van der Waals surface area (Å²) in [6, 6.07) is 8.99. The summed E-state index contributed by atoms with van der Waals surface area (Å²) in [7, 11) is 1.88. The van der Waals surface area contributed by atoms with Crippen LogP contribution in [0.1, 0.15) is 24.8 Å². The van der Waals surface area contributed by atoms with Crippen LogP contribution in [0.4, 0.5) is 0 Å². The number of rotatable bonds is 2. The molecule has 3 heterocycles. The summed E-state index contributed by atoms with van der Waals surface area (Å²) in [5, 5.41) is 8.91. The van der Waals surface area contributed by atoms with E-state index in [2.05, 4.69) is 6.07 Å². The topological polar surface area (TPSA) is 88.9 Å². The quantitative estimate of drug-likeness (QED) is 0.744. The molecule has 4 atom stereocenters. The number of esters is 2. The van der Waals surface area contributed by atoms with Gasteiger partial charge in [0, 0.05) is 31.0 Å². The summed E-state index contributed by atoms with van der Waals surface area (Å²) < 4.78 is 17.5. The molecular formula is C19H18N2O5. The number of nitrogens with zero attached hydrogens (tertiary/aromatic N) is 2. The Bertz CT molecular complexity index is 812. The minimum atomic E-state index is -1.02. The summed E-state index contributed by atoms with van der Waals surface area (Å²) >= 11 is 0. The molecule has 134 valence electrons. The van der Waals surface area contributed by atoms with E-state index >= 15 is 0 Å². The Morgan fingerprint density at radius 1 is 1.23 bits per heavy atom. The molecule has 3 aliphatic rings. The van der Waals surface area contributed by atoms with Crippen LogP contribution in [0.5, 0.6) is 5.75 Å². The van der Waals surface area contributed by atoms with E-state index in [4.69, 9.17) is 19.5 Å². The van der Waals surface area contributed by atoms with Crippen LogP contribution in [0.2, 0.25) is 0 Å². The molecule has 0 aliphatic carbocycles. The average Bonchev–Trinajstić information content (AvgIpc) is 2.85. The Kier molecular flexibility index (Phi) is 3.93. The second kappa shape index (κ2) is 6.15. The molecule has 2 bridgehead atoms. The van der Waals surface area contributed by atoms with Crippen molar-refractivity contribution in [3.05, 3.63) is 42.0 Å². The minimum Gasteiger partial charge on any atom is -0.486 e. The van der Waals surface area contributed by atoms with Crippen molar-refractivity contribution in [3.63, 3.8) is 0 Å². The van der Waals surface area contributed by atoms with Crippen LogP contribution in [-0.4, -0.2) is 47.9 Å². The fraction of sp³-hybridized carbons (Fsp3) is 0.421. The number of hydrogen-bond acceptors (Lipinski definition) is 7. The number of benzene rings is 1. The molecule has 2 fully saturated rings. The number of hydrogen-bond donors (Lipinski definition) is 0. The van der Waals surface area contributed by atoms with Gasteiger partial charge in [-0.15, -0.1) is 0 Å². The van der Waals surface area contributed by atoms with Crippen molar-refractivity contribution in [3.8, 4) is 11.8 Å². The zero-order chi connectivity index (χ0) is 18.3. The van der Waals surface area contributed by atoms with Gasteiger partial charge in [-0.3, -0.25) is 4.90 Å². The van der Waals surface area contributed by atoms with Gasteiger partial charge in [-0.25, -0.2) is 9.59 Å². The predicted octanol–water partition coefficient (Wildman–Crippen LogP) is 1.52. The number of carbonyl (C=O) groups is 2. The standard InChI is InChI=1S/C19H18N2O5/c1-21-13-8-9-19(21)18(25-16(22)6-7-17(23)26-19)15(10-13)24-14-4-2-12(11-20)3-5-14/h2-7,13,15,18H,8-10H2,1H3/b7-6+. The lowest BCUT2D eigenvalue weighted by atomic mass is 9.93. The third-order valence-electron chi connectivity index (χ3n) is 5.41. The van der Waals surface area contributed by atoms with Crippen molar-refractivity contribution < 1.29 is 23.8 Å². The van der Waals surface area contributed by atoms with Gasteiger partial charge in [-0.2, -0.15) is 5.26 Å². The molecule has 1 aromatic carbocycles. The van der Waals surface area contributed by atoms with Gasteiger partial charge in [0.25, 0.3) is 0 Å². The van der Waals surface area contributed by atoms with E-state index < -0.39 is 29.9 Å². The van der Waals surface area contributed by atoms with Crippen LogP contribution in [0.25, 0.3) is 0 Å².